The van der Waals surface area contributed by atoms with E-state index in [0.717, 1.165) is 39.0 Å². The Balaban J connectivity index is 1.72. The molecule has 0 unspecified atom stereocenters. The standard InChI is InChI=1S/C23H30FN5/c1-4-29(22-20(10-11-21(24)26-22)27-23(2,3)17-25)19-12-14-28(15-13-19)16-18-8-6-5-7-9-18/h5-11,19,27H,4,12-16H2,1-3H3. The molecule has 154 valence electrons. The van der Waals surface area contributed by atoms with Crippen molar-refractivity contribution in [1.29, 1.82) is 5.26 Å². The summed E-state index contributed by atoms with van der Waals surface area (Å²) in [6, 6.07) is 16.1. The zero-order valence-corrected chi connectivity index (χ0v) is 17.5. The largest absolute Gasteiger partial charge is 0.365 e. The highest BCUT2D eigenvalue weighted by Crippen LogP contribution is 2.31. The summed E-state index contributed by atoms with van der Waals surface area (Å²) >= 11 is 0. The van der Waals surface area contributed by atoms with Gasteiger partial charge in [0, 0.05) is 32.2 Å². The Morgan fingerprint density at radius 1 is 1.21 bits per heavy atom. The molecule has 1 aromatic heterocycles. The molecule has 0 bridgehead atoms. The van der Waals surface area contributed by atoms with Gasteiger partial charge >= 0.3 is 0 Å². The van der Waals surface area contributed by atoms with Crippen molar-refractivity contribution in [1.82, 2.24) is 9.88 Å². The summed E-state index contributed by atoms with van der Waals surface area (Å²) < 4.78 is 14.0. The van der Waals surface area contributed by atoms with Crippen molar-refractivity contribution in [3.63, 3.8) is 0 Å². The van der Waals surface area contributed by atoms with Crippen molar-refractivity contribution in [2.45, 2.75) is 51.7 Å². The highest BCUT2D eigenvalue weighted by atomic mass is 19.1. The second-order valence-electron chi connectivity index (χ2n) is 8.15. The van der Waals surface area contributed by atoms with Gasteiger partial charge in [-0.1, -0.05) is 30.3 Å². The highest BCUT2D eigenvalue weighted by Gasteiger charge is 2.28. The van der Waals surface area contributed by atoms with Gasteiger partial charge in [-0.05, 0) is 51.3 Å². The number of nitrogens with one attached hydrogen (secondary N) is 1. The highest BCUT2D eigenvalue weighted by molar-refractivity contribution is 5.67. The average Bonchev–Trinajstić information content (AvgIpc) is 2.72. The first-order chi connectivity index (χ1) is 13.9. The third-order valence-corrected chi connectivity index (χ3v) is 5.43. The van der Waals surface area contributed by atoms with Gasteiger partial charge in [0.2, 0.25) is 5.95 Å². The molecule has 0 spiro atoms. The van der Waals surface area contributed by atoms with Crippen LogP contribution < -0.4 is 10.2 Å². The molecule has 5 nitrogen and oxygen atoms in total. The van der Waals surface area contributed by atoms with E-state index in [4.69, 9.17) is 0 Å². The van der Waals surface area contributed by atoms with E-state index in [1.165, 1.54) is 11.6 Å². The Kier molecular flexibility index (Phi) is 6.71. The molecule has 1 fully saturated rings. The molecule has 0 atom stereocenters. The van der Waals surface area contributed by atoms with E-state index >= 15 is 0 Å². The van der Waals surface area contributed by atoms with Gasteiger partial charge in [-0.2, -0.15) is 9.65 Å². The van der Waals surface area contributed by atoms with Gasteiger partial charge in [0.15, 0.2) is 5.82 Å². The first kappa shape index (κ1) is 21.1. The number of nitriles is 1. The van der Waals surface area contributed by atoms with Crippen LogP contribution in [0.5, 0.6) is 0 Å². The molecule has 0 amide bonds. The Labute approximate surface area is 173 Å². The van der Waals surface area contributed by atoms with Crippen LogP contribution in [-0.2, 0) is 6.54 Å². The lowest BCUT2D eigenvalue weighted by atomic mass is 10.0. The van der Waals surface area contributed by atoms with Crippen molar-refractivity contribution in [3.8, 4) is 6.07 Å². The molecule has 2 heterocycles. The number of pyridine rings is 1. The molecule has 0 radical (unpaired) electrons. The normalized spacial score (nSPS) is 15.7. The Hall–Kier alpha value is -2.65. The first-order valence-corrected chi connectivity index (χ1v) is 10.3. The third-order valence-electron chi connectivity index (χ3n) is 5.43. The van der Waals surface area contributed by atoms with E-state index in [-0.39, 0.29) is 0 Å². The van der Waals surface area contributed by atoms with Crippen LogP contribution in [0.1, 0.15) is 39.2 Å². The van der Waals surface area contributed by atoms with Crippen molar-refractivity contribution in [3.05, 3.63) is 54.0 Å². The number of aromatic nitrogens is 1. The topological polar surface area (TPSA) is 55.2 Å². The van der Waals surface area contributed by atoms with Crippen molar-refractivity contribution < 1.29 is 4.39 Å². The smallest absolute Gasteiger partial charge is 0.214 e. The fourth-order valence-corrected chi connectivity index (χ4v) is 3.92. The van der Waals surface area contributed by atoms with Gasteiger partial charge in [0.1, 0.15) is 5.54 Å². The van der Waals surface area contributed by atoms with Gasteiger partial charge in [0.25, 0.3) is 0 Å². The van der Waals surface area contributed by atoms with E-state index in [1.807, 2.05) is 6.07 Å². The summed E-state index contributed by atoms with van der Waals surface area (Å²) in [5, 5.41) is 12.6. The van der Waals surface area contributed by atoms with Crippen LogP contribution in [-0.4, -0.2) is 41.1 Å². The average molecular weight is 396 g/mol. The zero-order valence-electron chi connectivity index (χ0n) is 17.5. The predicted molar refractivity (Wildman–Crippen MR) is 115 cm³/mol. The minimum absolute atomic E-state index is 0.298. The van der Waals surface area contributed by atoms with Crippen molar-refractivity contribution >= 4 is 11.5 Å². The number of nitrogens with zero attached hydrogens (tertiary/aromatic N) is 4. The zero-order chi connectivity index (χ0) is 20.9. The van der Waals surface area contributed by atoms with E-state index in [1.54, 1.807) is 19.9 Å². The number of likely N-dealkylation sites (tertiary alicyclic amines) is 1. The molecule has 0 aliphatic carbocycles. The third kappa shape index (κ3) is 5.45. The van der Waals surface area contributed by atoms with Crippen LogP contribution in [0.4, 0.5) is 15.9 Å². The number of anilines is 2. The van der Waals surface area contributed by atoms with E-state index < -0.39 is 11.5 Å². The lowest BCUT2D eigenvalue weighted by Crippen LogP contribution is -2.45. The second kappa shape index (κ2) is 9.23. The number of rotatable bonds is 7. The van der Waals surface area contributed by atoms with Crippen LogP contribution >= 0.6 is 0 Å². The van der Waals surface area contributed by atoms with E-state index in [0.29, 0.717) is 17.5 Å². The van der Waals surface area contributed by atoms with Crippen molar-refractivity contribution in [2.75, 3.05) is 29.9 Å². The lowest BCUT2D eigenvalue weighted by molar-refractivity contribution is 0.201. The summed E-state index contributed by atoms with van der Waals surface area (Å²) in [6.45, 7) is 9.37. The first-order valence-electron chi connectivity index (χ1n) is 10.3. The Bertz CT molecular complexity index is 838. The molecule has 1 aliphatic heterocycles. The second-order valence-corrected chi connectivity index (χ2v) is 8.15. The molecule has 0 saturated carbocycles. The van der Waals surface area contributed by atoms with Gasteiger partial charge in [0.05, 0.1) is 11.8 Å². The number of hydrogen-bond donors (Lipinski definition) is 1. The van der Waals surface area contributed by atoms with Gasteiger partial charge in [-0.25, -0.2) is 4.98 Å². The fraction of sp³-hybridized carbons (Fsp3) is 0.478. The molecular weight excluding hydrogens is 365 g/mol. The van der Waals surface area contributed by atoms with Gasteiger partial charge in [-0.3, -0.25) is 4.90 Å². The van der Waals surface area contributed by atoms with Crippen LogP contribution in [0.25, 0.3) is 0 Å². The molecule has 29 heavy (non-hydrogen) atoms. The summed E-state index contributed by atoms with van der Waals surface area (Å²) in [7, 11) is 0. The minimum atomic E-state index is -0.757. The van der Waals surface area contributed by atoms with Crippen LogP contribution in [0.2, 0.25) is 0 Å². The van der Waals surface area contributed by atoms with E-state index in [2.05, 4.69) is 57.4 Å². The monoisotopic (exact) mass is 395 g/mol. The number of piperidine rings is 1. The Morgan fingerprint density at radius 3 is 2.52 bits per heavy atom. The summed E-state index contributed by atoms with van der Waals surface area (Å²) in [4.78, 5) is 8.85. The number of halogens is 1. The molecule has 3 rings (SSSR count). The van der Waals surface area contributed by atoms with Gasteiger partial charge < -0.3 is 10.2 Å². The maximum atomic E-state index is 14.0. The predicted octanol–water partition coefficient (Wildman–Crippen LogP) is 4.43. The summed E-state index contributed by atoms with van der Waals surface area (Å²) in [6.07, 6.45) is 2.00. The van der Waals surface area contributed by atoms with Crippen LogP contribution in [0.3, 0.4) is 0 Å². The molecule has 1 aliphatic rings. The minimum Gasteiger partial charge on any atom is -0.365 e. The molecule has 1 N–H and O–H groups in total. The fourth-order valence-electron chi connectivity index (χ4n) is 3.92. The Morgan fingerprint density at radius 2 is 1.90 bits per heavy atom. The maximum absolute atomic E-state index is 14.0. The summed E-state index contributed by atoms with van der Waals surface area (Å²) in [5.74, 6) is 0.0950. The molecule has 1 saturated heterocycles. The van der Waals surface area contributed by atoms with Gasteiger partial charge in [-0.15, -0.1) is 0 Å². The quantitative estimate of drug-likeness (QED) is 0.703. The van der Waals surface area contributed by atoms with Crippen molar-refractivity contribution in [2.24, 2.45) is 0 Å². The SMILES string of the molecule is CCN(c1nc(F)ccc1NC(C)(C)C#N)C1CCN(Cc2ccccc2)CC1. The number of benzene rings is 1. The molecule has 1 aromatic carbocycles. The molecule has 6 heteroatoms. The van der Waals surface area contributed by atoms with Crippen LogP contribution in [0, 0.1) is 17.3 Å². The number of hydrogen-bond acceptors (Lipinski definition) is 5. The summed E-state index contributed by atoms with van der Waals surface area (Å²) in [5.41, 5.74) is 1.27. The maximum Gasteiger partial charge on any atom is 0.214 e. The lowest BCUT2D eigenvalue weighted by Gasteiger charge is -2.39. The molecule has 2 aromatic rings. The molecular formula is C23H30FN5. The van der Waals surface area contributed by atoms with E-state index in [9.17, 15) is 9.65 Å². The van der Waals surface area contributed by atoms with Crippen LogP contribution in [0.15, 0.2) is 42.5 Å².